The van der Waals surface area contributed by atoms with E-state index in [0.29, 0.717) is 25.4 Å². The van der Waals surface area contributed by atoms with Crippen LogP contribution in [0.3, 0.4) is 0 Å². The summed E-state index contributed by atoms with van der Waals surface area (Å²) in [7, 11) is 0. The first-order valence-electron chi connectivity index (χ1n) is 11.4. The van der Waals surface area contributed by atoms with E-state index in [2.05, 4.69) is 9.80 Å². The van der Waals surface area contributed by atoms with E-state index in [1.165, 1.54) is 24.2 Å². The molecule has 28 heavy (non-hydrogen) atoms. The van der Waals surface area contributed by atoms with Gasteiger partial charge in [-0.3, -0.25) is 24.2 Å². The average molecular weight is 386 g/mol. The molecular formula is C22H31N3O3. The summed E-state index contributed by atoms with van der Waals surface area (Å²) in [5.74, 6) is 2.77. The van der Waals surface area contributed by atoms with Gasteiger partial charge in [-0.2, -0.15) is 0 Å². The van der Waals surface area contributed by atoms with Crippen LogP contribution >= 0.6 is 0 Å². The van der Waals surface area contributed by atoms with Crippen LogP contribution in [0.25, 0.3) is 0 Å². The van der Waals surface area contributed by atoms with Gasteiger partial charge in [-0.05, 0) is 69.1 Å². The molecule has 7 aliphatic rings. The SMILES string of the molecule is O=C1CC(N2CCN(C(=O)C34CC5CC(CC(C5)C3)C4)CC2)C(=O)N1C1CC1. The van der Waals surface area contributed by atoms with E-state index < -0.39 is 0 Å². The van der Waals surface area contributed by atoms with Crippen molar-refractivity contribution in [2.45, 2.75) is 69.9 Å². The fourth-order valence-corrected chi connectivity index (χ4v) is 7.58. The highest BCUT2D eigenvalue weighted by molar-refractivity contribution is 6.06. The molecule has 7 rings (SSSR count). The number of carbonyl (C=O) groups is 3. The van der Waals surface area contributed by atoms with Gasteiger partial charge in [0.1, 0.15) is 0 Å². The molecule has 6 nitrogen and oxygen atoms in total. The van der Waals surface area contributed by atoms with Gasteiger partial charge in [-0.1, -0.05) is 0 Å². The number of hydrogen-bond donors (Lipinski definition) is 0. The molecule has 0 aromatic rings. The maximum Gasteiger partial charge on any atom is 0.247 e. The van der Waals surface area contributed by atoms with Gasteiger partial charge in [0, 0.05) is 32.2 Å². The Labute approximate surface area is 166 Å². The Morgan fingerprint density at radius 1 is 0.857 bits per heavy atom. The molecule has 6 heteroatoms. The third kappa shape index (κ3) is 2.59. The Morgan fingerprint density at radius 2 is 1.43 bits per heavy atom. The van der Waals surface area contributed by atoms with Crippen LogP contribution in [-0.2, 0) is 14.4 Å². The van der Waals surface area contributed by atoms with E-state index in [-0.39, 0.29) is 29.3 Å². The quantitative estimate of drug-likeness (QED) is 0.693. The van der Waals surface area contributed by atoms with E-state index in [9.17, 15) is 14.4 Å². The molecular weight excluding hydrogens is 354 g/mol. The van der Waals surface area contributed by atoms with E-state index in [1.807, 2.05) is 0 Å². The van der Waals surface area contributed by atoms with Crippen molar-refractivity contribution in [1.82, 2.24) is 14.7 Å². The molecule has 0 radical (unpaired) electrons. The molecule has 2 saturated heterocycles. The summed E-state index contributed by atoms with van der Waals surface area (Å²) < 4.78 is 0. The highest BCUT2D eigenvalue weighted by Gasteiger charge is 2.56. The number of likely N-dealkylation sites (tertiary alicyclic amines) is 1. The Kier molecular flexibility index (Phi) is 3.76. The largest absolute Gasteiger partial charge is 0.340 e. The summed E-state index contributed by atoms with van der Waals surface area (Å²) in [6, 6.07) is -0.117. The number of nitrogens with zero attached hydrogens (tertiary/aromatic N) is 3. The zero-order valence-corrected chi connectivity index (χ0v) is 16.6. The van der Waals surface area contributed by atoms with Crippen LogP contribution in [0.5, 0.6) is 0 Å². The van der Waals surface area contributed by atoms with Gasteiger partial charge < -0.3 is 4.90 Å². The topological polar surface area (TPSA) is 60.9 Å². The molecule has 4 bridgehead atoms. The predicted molar refractivity (Wildman–Crippen MR) is 102 cm³/mol. The smallest absolute Gasteiger partial charge is 0.247 e. The maximum atomic E-state index is 13.5. The zero-order valence-electron chi connectivity index (χ0n) is 16.6. The van der Waals surface area contributed by atoms with Crippen molar-refractivity contribution >= 4 is 17.7 Å². The molecule has 0 aromatic heterocycles. The third-order valence-corrected chi connectivity index (χ3v) is 8.61. The zero-order chi connectivity index (χ0) is 19.0. The van der Waals surface area contributed by atoms with Gasteiger partial charge >= 0.3 is 0 Å². The first kappa shape index (κ1) is 17.4. The summed E-state index contributed by atoms with van der Waals surface area (Å²) in [5.41, 5.74) is -0.0706. The minimum Gasteiger partial charge on any atom is -0.340 e. The lowest BCUT2D eigenvalue weighted by Gasteiger charge is -2.57. The van der Waals surface area contributed by atoms with E-state index in [4.69, 9.17) is 0 Å². The second kappa shape index (κ2) is 6.04. The summed E-state index contributed by atoms with van der Waals surface area (Å²) in [4.78, 5) is 44.3. The van der Waals surface area contributed by atoms with Crippen LogP contribution in [0.15, 0.2) is 0 Å². The lowest BCUT2D eigenvalue weighted by Crippen LogP contribution is -2.59. The Morgan fingerprint density at radius 3 is 1.96 bits per heavy atom. The number of imide groups is 1. The average Bonchev–Trinajstić information content (AvgIpc) is 3.45. The first-order chi connectivity index (χ1) is 13.5. The Hall–Kier alpha value is -1.43. The fourth-order valence-electron chi connectivity index (χ4n) is 7.58. The minimum absolute atomic E-state index is 0.00423. The Balaban J connectivity index is 1.11. The van der Waals surface area contributed by atoms with Gasteiger partial charge in [0.25, 0.3) is 0 Å². The van der Waals surface area contributed by atoms with Crippen molar-refractivity contribution in [2.75, 3.05) is 26.2 Å². The highest BCUT2D eigenvalue weighted by atomic mass is 16.2. The molecule has 1 atom stereocenters. The van der Waals surface area contributed by atoms with Crippen molar-refractivity contribution in [3.63, 3.8) is 0 Å². The summed E-state index contributed by atoms with van der Waals surface area (Å²) in [6.45, 7) is 2.87. The van der Waals surface area contributed by atoms with Crippen molar-refractivity contribution < 1.29 is 14.4 Å². The second-order valence-electron chi connectivity index (χ2n) is 10.6. The van der Waals surface area contributed by atoms with Crippen LogP contribution < -0.4 is 0 Å². The van der Waals surface area contributed by atoms with E-state index in [1.54, 1.807) is 0 Å². The van der Waals surface area contributed by atoms with Crippen LogP contribution in [0.1, 0.15) is 57.8 Å². The summed E-state index contributed by atoms with van der Waals surface area (Å²) >= 11 is 0. The van der Waals surface area contributed by atoms with Gasteiger partial charge in [-0.15, -0.1) is 0 Å². The standard InChI is InChI=1S/C22H31N3O3/c26-19-10-18(20(27)25(19)17-1-2-17)23-3-5-24(6-4-23)21(28)22-11-14-7-15(12-22)9-16(8-14)13-22/h14-18H,1-13H2. The summed E-state index contributed by atoms with van der Waals surface area (Å²) in [6.07, 6.45) is 9.69. The van der Waals surface area contributed by atoms with Gasteiger partial charge in [0.15, 0.2) is 0 Å². The summed E-state index contributed by atoms with van der Waals surface area (Å²) in [5, 5.41) is 0. The third-order valence-electron chi connectivity index (χ3n) is 8.61. The molecule has 0 spiro atoms. The number of rotatable bonds is 3. The maximum absolute atomic E-state index is 13.5. The lowest BCUT2D eigenvalue weighted by atomic mass is 9.49. The highest BCUT2D eigenvalue weighted by Crippen LogP contribution is 2.60. The molecule has 3 amide bonds. The van der Waals surface area contributed by atoms with Crippen LogP contribution in [0.4, 0.5) is 0 Å². The number of piperazine rings is 1. The molecule has 0 N–H and O–H groups in total. The van der Waals surface area contributed by atoms with Gasteiger partial charge in [-0.25, -0.2) is 0 Å². The van der Waals surface area contributed by atoms with Gasteiger partial charge in [0.05, 0.1) is 17.9 Å². The normalized spacial score (nSPS) is 43.3. The first-order valence-corrected chi connectivity index (χ1v) is 11.4. The number of amides is 3. The van der Waals surface area contributed by atoms with E-state index in [0.717, 1.165) is 62.9 Å². The van der Waals surface area contributed by atoms with Crippen molar-refractivity contribution in [3.05, 3.63) is 0 Å². The second-order valence-corrected chi connectivity index (χ2v) is 10.6. The van der Waals surface area contributed by atoms with E-state index >= 15 is 0 Å². The molecule has 2 heterocycles. The van der Waals surface area contributed by atoms with Crippen LogP contribution in [-0.4, -0.2) is 70.7 Å². The fraction of sp³-hybridized carbons (Fsp3) is 0.864. The van der Waals surface area contributed by atoms with Crippen molar-refractivity contribution in [2.24, 2.45) is 23.2 Å². The molecule has 5 aliphatic carbocycles. The number of carbonyl (C=O) groups excluding carboxylic acids is 3. The molecule has 0 aromatic carbocycles. The molecule has 1 unspecified atom stereocenters. The van der Waals surface area contributed by atoms with Crippen LogP contribution in [0, 0.1) is 23.2 Å². The molecule has 2 aliphatic heterocycles. The monoisotopic (exact) mass is 385 g/mol. The molecule has 7 fully saturated rings. The Bertz CT molecular complexity index is 687. The minimum atomic E-state index is -0.287. The van der Waals surface area contributed by atoms with Crippen LogP contribution in [0.2, 0.25) is 0 Å². The number of hydrogen-bond acceptors (Lipinski definition) is 4. The predicted octanol–water partition coefficient (Wildman–Crippen LogP) is 1.64. The van der Waals surface area contributed by atoms with Gasteiger partial charge in [0.2, 0.25) is 17.7 Å². The lowest BCUT2D eigenvalue weighted by molar-refractivity contribution is -0.159. The molecule has 5 saturated carbocycles. The molecule has 152 valence electrons. The van der Waals surface area contributed by atoms with Crippen molar-refractivity contribution in [3.8, 4) is 0 Å². The van der Waals surface area contributed by atoms with Crippen molar-refractivity contribution in [1.29, 1.82) is 0 Å².